The molecule has 19 heavy (non-hydrogen) atoms. The predicted octanol–water partition coefficient (Wildman–Crippen LogP) is 1.50. The lowest BCUT2D eigenvalue weighted by Crippen LogP contribution is -2.51. The Morgan fingerprint density at radius 3 is 2.84 bits per heavy atom. The van der Waals surface area contributed by atoms with Gasteiger partial charge in [0.2, 0.25) is 0 Å². The lowest BCUT2D eigenvalue weighted by atomic mass is 9.98. The average molecular weight is 273 g/mol. The van der Waals surface area contributed by atoms with Crippen molar-refractivity contribution in [1.82, 2.24) is 5.32 Å². The Bertz CT molecular complexity index is 266. The largest absolute Gasteiger partial charge is 0.465 e. The van der Waals surface area contributed by atoms with Crippen LogP contribution in [0.15, 0.2) is 0 Å². The van der Waals surface area contributed by atoms with E-state index in [2.05, 4.69) is 12.2 Å². The molecule has 0 aromatic carbocycles. The number of nitrogens with one attached hydrogen (secondary N) is 1. The van der Waals surface area contributed by atoms with E-state index in [0.717, 1.165) is 26.0 Å². The fourth-order valence-electron chi connectivity index (χ4n) is 2.03. The SMILES string of the molecule is CCCNC(C)(CCOC1CCOC1)C(=O)OCC. The molecule has 0 aromatic heterocycles. The van der Waals surface area contributed by atoms with Gasteiger partial charge in [0.15, 0.2) is 0 Å². The lowest BCUT2D eigenvalue weighted by molar-refractivity contribution is -0.151. The Kier molecular flexibility index (Phi) is 7.34. The third-order valence-electron chi connectivity index (χ3n) is 3.33. The van der Waals surface area contributed by atoms with Crippen molar-refractivity contribution in [2.45, 2.75) is 51.7 Å². The summed E-state index contributed by atoms with van der Waals surface area (Å²) in [5.74, 6) is -0.199. The smallest absolute Gasteiger partial charge is 0.326 e. The first-order valence-electron chi connectivity index (χ1n) is 7.24. The highest BCUT2D eigenvalue weighted by Crippen LogP contribution is 2.15. The molecule has 1 fully saturated rings. The summed E-state index contributed by atoms with van der Waals surface area (Å²) in [6.45, 7) is 8.96. The number of hydrogen-bond acceptors (Lipinski definition) is 5. The molecule has 0 saturated carbocycles. The van der Waals surface area contributed by atoms with E-state index in [9.17, 15) is 4.79 Å². The zero-order chi connectivity index (χ0) is 14.1. The number of hydrogen-bond donors (Lipinski definition) is 1. The second kappa shape index (κ2) is 8.51. The Labute approximate surface area is 116 Å². The van der Waals surface area contributed by atoms with Gasteiger partial charge in [0.1, 0.15) is 5.54 Å². The van der Waals surface area contributed by atoms with E-state index in [1.165, 1.54) is 0 Å². The molecule has 1 saturated heterocycles. The maximum atomic E-state index is 12.0. The molecule has 2 unspecified atom stereocenters. The first kappa shape index (κ1) is 16.4. The second-order valence-electron chi connectivity index (χ2n) is 5.09. The first-order valence-corrected chi connectivity index (χ1v) is 7.24. The maximum absolute atomic E-state index is 12.0. The van der Waals surface area contributed by atoms with E-state index in [0.29, 0.717) is 26.2 Å². The van der Waals surface area contributed by atoms with E-state index in [4.69, 9.17) is 14.2 Å². The molecule has 5 heteroatoms. The van der Waals surface area contributed by atoms with Crippen molar-refractivity contribution in [2.24, 2.45) is 0 Å². The second-order valence-corrected chi connectivity index (χ2v) is 5.09. The summed E-state index contributed by atoms with van der Waals surface area (Å²) >= 11 is 0. The van der Waals surface area contributed by atoms with Crippen LogP contribution in [0.3, 0.4) is 0 Å². The molecule has 112 valence electrons. The Hall–Kier alpha value is -0.650. The fraction of sp³-hybridized carbons (Fsp3) is 0.929. The minimum atomic E-state index is -0.661. The predicted molar refractivity (Wildman–Crippen MR) is 73.1 cm³/mol. The van der Waals surface area contributed by atoms with Gasteiger partial charge in [-0.15, -0.1) is 0 Å². The first-order chi connectivity index (χ1) is 9.12. The van der Waals surface area contributed by atoms with Gasteiger partial charge in [-0.1, -0.05) is 6.92 Å². The van der Waals surface area contributed by atoms with Crippen LogP contribution in [0.1, 0.15) is 40.0 Å². The summed E-state index contributed by atoms with van der Waals surface area (Å²) in [4.78, 5) is 12.0. The minimum absolute atomic E-state index is 0.178. The van der Waals surface area contributed by atoms with Gasteiger partial charge < -0.3 is 19.5 Å². The van der Waals surface area contributed by atoms with Crippen molar-refractivity contribution in [3.8, 4) is 0 Å². The van der Waals surface area contributed by atoms with E-state index in [1.54, 1.807) is 0 Å². The number of rotatable bonds is 9. The van der Waals surface area contributed by atoms with Crippen LogP contribution in [0, 0.1) is 0 Å². The molecular weight excluding hydrogens is 246 g/mol. The third-order valence-corrected chi connectivity index (χ3v) is 3.33. The van der Waals surface area contributed by atoms with Crippen LogP contribution in [0.5, 0.6) is 0 Å². The number of esters is 1. The van der Waals surface area contributed by atoms with Gasteiger partial charge in [0, 0.05) is 13.2 Å². The van der Waals surface area contributed by atoms with Crippen LogP contribution >= 0.6 is 0 Å². The molecule has 5 nitrogen and oxygen atoms in total. The van der Waals surface area contributed by atoms with Gasteiger partial charge in [-0.3, -0.25) is 4.79 Å². The van der Waals surface area contributed by atoms with Crippen LogP contribution in [-0.2, 0) is 19.0 Å². The number of ether oxygens (including phenoxy) is 3. The van der Waals surface area contributed by atoms with Gasteiger partial charge in [-0.05, 0) is 39.7 Å². The van der Waals surface area contributed by atoms with E-state index in [1.807, 2.05) is 13.8 Å². The molecule has 1 aliphatic rings. The normalized spacial score (nSPS) is 22.2. The van der Waals surface area contributed by atoms with Gasteiger partial charge in [-0.25, -0.2) is 0 Å². The highest BCUT2D eigenvalue weighted by molar-refractivity contribution is 5.80. The summed E-state index contributed by atoms with van der Waals surface area (Å²) in [5, 5.41) is 3.27. The zero-order valence-corrected chi connectivity index (χ0v) is 12.4. The highest BCUT2D eigenvalue weighted by Gasteiger charge is 2.34. The summed E-state index contributed by atoms with van der Waals surface area (Å²) in [6, 6.07) is 0. The topological polar surface area (TPSA) is 56.8 Å². The highest BCUT2D eigenvalue weighted by atomic mass is 16.5. The maximum Gasteiger partial charge on any atom is 0.326 e. The van der Waals surface area contributed by atoms with Gasteiger partial charge >= 0.3 is 5.97 Å². The van der Waals surface area contributed by atoms with Crippen LogP contribution in [0.2, 0.25) is 0 Å². The van der Waals surface area contributed by atoms with Gasteiger partial charge in [0.25, 0.3) is 0 Å². The van der Waals surface area contributed by atoms with E-state index >= 15 is 0 Å². The molecular formula is C14H27NO4. The Balaban J connectivity index is 2.40. The molecule has 1 heterocycles. The molecule has 1 N–H and O–H groups in total. The lowest BCUT2D eigenvalue weighted by Gasteiger charge is -2.28. The van der Waals surface area contributed by atoms with Crippen molar-refractivity contribution < 1.29 is 19.0 Å². The van der Waals surface area contributed by atoms with Crippen molar-refractivity contribution in [3.63, 3.8) is 0 Å². The fourth-order valence-corrected chi connectivity index (χ4v) is 2.03. The van der Waals surface area contributed by atoms with Gasteiger partial charge in [-0.2, -0.15) is 0 Å². The van der Waals surface area contributed by atoms with Crippen LogP contribution in [-0.4, -0.2) is 50.6 Å². The molecule has 2 atom stereocenters. The van der Waals surface area contributed by atoms with Crippen molar-refractivity contribution in [3.05, 3.63) is 0 Å². The standard InChI is InChI=1S/C14H27NO4/c1-4-8-15-14(3,13(16)18-5-2)7-10-19-12-6-9-17-11-12/h12,15H,4-11H2,1-3H3. The number of carbonyl (C=O) groups excluding carboxylic acids is 1. The molecule has 0 radical (unpaired) electrons. The molecule has 0 aromatic rings. The van der Waals surface area contributed by atoms with Gasteiger partial charge in [0.05, 0.1) is 19.3 Å². The molecule has 0 aliphatic carbocycles. The summed E-state index contributed by atoms with van der Waals surface area (Å²) in [5.41, 5.74) is -0.661. The summed E-state index contributed by atoms with van der Waals surface area (Å²) in [6.07, 6.45) is 2.71. The van der Waals surface area contributed by atoms with Crippen LogP contribution < -0.4 is 5.32 Å². The monoisotopic (exact) mass is 273 g/mol. The Morgan fingerprint density at radius 2 is 2.26 bits per heavy atom. The summed E-state index contributed by atoms with van der Waals surface area (Å²) in [7, 11) is 0. The van der Waals surface area contributed by atoms with Crippen molar-refractivity contribution in [2.75, 3.05) is 33.0 Å². The molecule has 0 bridgehead atoms. The van der Waals surface area contributed by atoms with E-state index < -0.39 is 5.54 Å². The van der Waals surface area contributed by atoms with Crippen molar-refractivity contribution in [1.29, 1.82) is 0 Å². The van der Waals surface area contributed by atoms with E-state index in [-0.39, 0.29) is 12.1 Å². The molecule has 0 spiro atoms. The van der Waals surface area contributed by atoms with Crippen LogP contribution in [0.4, 0.5) is 0 Å². The number of carbonyl (C=O) groups is 1. The zero-order valence-electron chi connectivity index (χ0n) is 12.4. The quantitative estimate of drug-likeness (QED) is 0.645. The molecule has 0 amide bonds. The molecule has 1 rings (SSSR count). The Morgan fingerprint density at radius 1 is 1.47 bits per heavy atom. The third kappa shape index (κ3) is 5.47. The minimum Gasteiger partial charge on any atom is -0.465 e. The molecule has 1 aliphatic heterocycles. The summed E-state index contributed by atoms with van der Waals surface area (Å²) < 4.78 is 16.1. The van der Waals surface area contributed by atoms with Crippen molar-refractivity contribution >= 4 is 5.97 Å². The average Bonchev–Trinajstić information content (AvgIpc) is 2.90. The van der Waals surface area contributed by atoms with Crippen LogP contribution in [0.25, 0.3) is 0 Å².